The topological polar surface area (TPSA) is 103 Å². The highest BCUT2D eigenvalue weighted by Gasteiger charge is 2.26. The van der Waals surface area contributed by atoms with E-state index in [9.17, 15) is 14.9 Å². The van der Waals surface area contributed by atoms with Gasteiger partial charge in [0.25, 0.3) is 0 Å². The summed E-state index contributed by atoms with van der Waals surface area (Å²) in [5.41, 5.74) is 1.46. The van der Waals surface area contributed by atoms with Gasteiger partial charge in [0, 0.05) is 19.1 Å². The van der Waals surface area contributed by atoms with Crippen molar-refractivity contribution in [2.75, 3.05) is 25.0 Å². The van der Waals surface area contributed by atoms with Gasteiger partial charge in [0.2, 0.25) is 0 Å². The Bertz CT molecular complexity index is 675. The molecule has 0 aliphatic carbocycles. The van der Waals surface area contributed by atoms with Crippen molar-refractivity contribution in [3.05, 3.63) is 29.3 Å². The van der Waals surface area contributed by atoms with Gasteiger partial charge < -0.3 is 20.1 Å². The summed E-state index contributed by atoms with van der Waals surface area (Å²) in [6, 6.07) is 7.00. The number of nitriles is 1. The number of carbonyl (C=O) groups is 2. The number of carbonyl (C=O) groups excluding carboxylic acids is 1. The summed E-state index contributed by atoms with van der Waals surface area (Å²) >= 11 is 0. The van der Waals surface area contributed by atoms with Crippen LogP contribution < -0.4 is 5.32 Å². The number of carboxylic acid groups (broad SMARTS) is 1. The fourth-order valence-electron chi connectivity index (χ4n) is 3.06. The fourth-order valence-corrected chi connectivity index (χ4v) is 3.06. The standard InChI is InChI=1S/C18H23N3O4/c1-3-25-17(22)14-4-5-15(11-19)16(10-14)20-12(2)13-6-8-21(9-7-13)18(23)24/h4-5,10,12-13,20H,3,6-9H2,1-2H3,(H,23,24). The molecular formula is C18H23N3O4. The van der Waals surface area contributed by atoms with Crippen molar-refractivity contribution >= 4 is 17.7 Å². The van der Waals surface area contributed by atoms with Crippen LogP contribution in [0.5, 0.6) is 0 Å². The van der Waals surface area contributed by atoms with E-state index in [1.165, 1.54) is 4.90 Å². The van der Waals surface area contributed by atoms with Gasteiger partial charge in [-0.25, -0.2) is 9.59 Å². The summed E-state index contributed by atoms with van der Waals surface area (Å²) in [4.78, 5) is 24.3. The largest absolute Gasteiger partial charge is 0.465 e. The lowest BCUT2D eigenvalue weighted by molar-refractivity contribution is 0.0526. The van der Waals surface area contributed by atoms with Gasteiger partial charge in [-0.2, -0.15) is 5.26 Å². The van der Waals surface area contributed by atoms with E-state index >= 15 is 0 Å². The number of anilines is 1. The summed E-state index contributed by atoms with van der Waals surface area (Å²) in [5, 5.41) is 21.6. The monoisotopic (exact) mass is 345 g/mol. The van der Waals surface area contributed by atoms with Gasteiger partial charge >= 0.3 is 12.1 Å². The molecule has 7 nitrogen and oxygen atoms in total. The molecule has 0 radical (unpaired) electrons. The van der Waals surface area contributed by atoms with Crippen LogP contribution in [0.25, 0.3) is 0 Å². The van der Waals surface area contributed by atoms with Crippen molar-refractivity contribution < 1.29 is 19.4 Å². The molecule has 0 aromatic heterocycles. The Morgan fingerprint density at radius 1 is 1.44 bits per heavy atom. The number of nitrogens with zero attached hydrogens (tertiary/aromatic N) is 2. The van der Waals surface area contributed by atoms with Crippen molar-refractivity contribution in [2.45, 2.75) is 32.7 Å². The van der Waals surface area contributed by atoms with E-state index in [1.807, 2.05) is 6.92 Å². The lowest BCUT2D eigenvalue weighted by Crippen LogP contribution is -2.41. The maximum absolute atomic E-state index is 11.9. The molecule has 1 aromatic carbocycles. The van der Waals surface area contributed by atoms with Crippen molar-refractivity contribution in [2.24, 2.45) is 5.92 Å². The molecule has 7 heteroatoms. The maximum Gasteiger partial charge on any atom is 0.407 e. The average molecular weight is 345 g/mol. The van der Waals surface area contributed by atoms with E-state index in [4.69, 9.17) is 9.84 Å². The molecule has 134 valence electrons. The first-order valence-electron chi connectivity index (χ1n) is 8.42. The van der Waals surface area contributed by atoms with Gasteiger partial charge in [-0.15, -0.1) is 0 Å². The van der Waals surface area contributed by atoms with Gasteiger partial charge in [-0.1, -0.05) is 0 Å². The molecular weight excluding hydrogens is 322 g/mol. The fraction of sp³-hybridized carbons (Fsp3) is 0.500. The van der Waals surface area contributed by atoms with E-state index in [0.717, 1.165) is 12.8 Å². The van der Waals surface area contributed by atoms with Gasteiger partial charge in [-0.05, 0) is 50.8 Å². The Morgan fingerprint density at radius 3 is 2.68 bits per heavy atom. The molecule has 2 N–H and O–H groups in total. The minimum Gasteiger partial charge on any atom is -0.465 e. The number of benzene rings is 1. The second kappa shape index (κ2) is 8.38. The predicted octanol–water partition coefficient (Wildman–Crippen LogP) is 2.93. The molecule has 2 rings (SSSR count). The van der Waals surface area contributed by atoms with Gasteiger partial charge in [0.05, 0.1) is 23.4 Å². The van der Waals surface area contributed by atoms with Crippen molar-refractivity contribution in [1.29, 1.82) is 5.26 Å². The van der Waals surface area contributed by atoms with Crippen LogP contribution in [0.15, 0.2) is 18.2 Å². The number of esters is 1. The van der Waals surface area contributed by atoms with Gasteiger partial charge in [-0.3, -0.25) is 0 Å². The molecule has 0 bridgehead atoms. The Hall–Kier alpha value is -2.75. The lowest BCUT2D eigenvalue weighted by Gasteiger charge is -2.34. The highest BCUT2D eigenvalue weighted by Crippen LogP contribution is 2.25. The molecule has 0 spiro atoms. The van der Waals surface area contributed by atoms with E-state index in [2.05, 4.69) is 11.4 Å². The molecule has 1 amide bonds. The molecule has 25 heavy (non-hydrogen) atoms. The summed E-state index contributed by atoms with van der Waals surface area (Å²) in [7, 11) is 0. The molecule has 1 aromatic rings. The third kappa shape index (κ3) is 4.63. The van der Waals surface area contributed by atoms with E-state index in [1.54, 1.807) is 25.1 Å². The zero-order valence-corrected chi connectivity index (χ0v) is 14.5. The number of hydrogen-bond donors (Lipinski definition) is 2. The van der Waals surface area contributed by atoms with Gasteiger partial charge in [0.15, 0.2) is 0 Å². The predicted molar refractivity (Wildman–Crippen MR) is 92.5 cm³/mol. The Kier molecular flexibility index (Phi) is 6.23. The number of hydrogen-bond acceptors (Lipinski definition) is 5. The highest BCUT2D eigenvalue weighted by atomic mass is 16.5. The maximum atomic E-state index is 11.9. The molecule has 1 fully saturated rings. The van der Waals surface area contributed by atoms with Gasteiger partial charge in [0.1, 0.15) is 6.07 Å². The number of amides is 1. The Labute approximate surface area is 147 Å². The Balaban J connectivity index is 2.08. The minimum atomic E-state index is -0.882. The molecule has 1 aliphatic heterocycles. The van der Waals surface area contributed by atoms with Crippen LogP contribution in [0.4, 0.5) is 10.5 Å². The SMILES string of the molecule is CCOC(=O)c1ccc(C#N)c(NC(C)C2CCN(C(=O)O)CC2)c1. The number of likely N-dealkylation sites (tertiary alicyclic amines) is 1. The van der Waals surface area contributed by atoms with Crippen LogP contribution in [0.2, 0.25) is 0 Å². The first kappa shape index (κ1) is 18.6. The van der Waals surface area contributed by atoms with Crippen molar-refractivity contribution in [3.8, 4) is 6.07 Å². The van der Waals surface area contributed by atoms with Crippen molar-refractivity contribution in [3.63, 3.8) is 0 Å². The number of ether oxygens (including phenoxy) is 1. The first-order valence-corrected chi connectivity index (χ1v) is 8.42. The molecule has 1 unspecified atom stereocenters. The second-order valence-electron chi connectivity index (χ2n) is 6.13. The normalized spacial score (nSPS) is 16.0. The van der Waals surface area contributed by atoms with E-state index < -0.39 is 12.1 Å². The zero-order chi connectivity index (χ0) is 18.4. The molecule has 1 heterocycles. The van der Waals surface area contributed by atoms with Crippen LogP contribution in [-0.2, 0) is 4.74 Å². The number of piperidine rings is 1. The second-order valence-corrected chi connectivity index (χ2v) is 6.13. The smallest absolute Gasteiger partial charge is 0.407 e. The Morgan fingerprint density at radius 2 is 2.12 bits per heavy atom. The van der Waals surface area contributed by atoms with Crippen LogP contribution in [0.3, 0.4) is 0 Å². The third-order valence-electron chi connectivity index (χ3n) is 4.55. The van der Waals surface area contributed by atoms with E-state index in [-0.39, 0.29) is 6.04 Å². The first-order chi connectivity index (χ1) is 12.0. The summed E-state index contributed by atoms with van der Waals surface area (Å²) < 4.78 is 5.00. The molecule has 1 aliphatic rings. The van der Waals surface area contributed by atoms with Crippen LogP contribution >= 0.6 is 0 Å². The summed E-state index contributed by atoms with van der Waals surface area (Å²) in [5.74, 6) is -0.120. The summed E-state index contributed by atoms with van der Waals surface area (Å²) in [6.45, 7) is 5.08. The number of rotatable bonds is 5. The lowest BCUT2D eigenvalue weighted by atomic mass is 9.90. The molecule has 1 atom stereocenters. The summed E-state index contributed by atoms with van der Waals surface area (Å²) in [6.07, 6.45) is 0.646. The average Bonchev–Trinajstić information content (AvgIpc) is 2.61. The van der Waals surface area contributed by atoms with E-state index in [0.29, 0.717) is 42.4 Å². The zero-order valence-electron chi connectivity index (χ0n) is 14.5. The van der Waals surface area contributed by atoms with Crippen LogP contribution in [0, 0.1) is 17.2 Å². The minimum absolute atomic E-state index is 0.0560. The molecule has 0 saturated carbocycles. The number of nitrogens with one attached hydrogen (secondary N) is 1. The molecule has 1 saturated heterocycles. The van der Waals surface area contributed by atoms with Crippen molar-refractivity contribution in [1.82, 2.24) is 4.90 Å². The third-order valence-corrected chi connectivity index (χ3v) is 4.55. The highest BCUT2D eigenvalue weighted by molar-refractivity contribution is 5.91. The van der Waals surface area contributed by atoms with Crippen LogP contribution in [-0.4, -0.2) is 47.8 Å². The van der Waals surface area contributed by atoms with Crippen LogP contribution in [0.1, 0.15) is 42.6 Å². The quantitative estimate of drug-likeness (QED) is 0.796.